The van der Waals surface area contributed by atoms with Crippen molar-refractivity contribution in [2.24, 2.45) is 0 Å². The summed E-state index contributed by atoms with van der Waals surface area (Å²) in [6, 6.07) is 0. The molecule has 0 atom stereocenters. The number of allylic oxidation sites excluding steroid dienone is 2. The number of rotatable bonds is 1. The molecular formula is C13H22P+. The molecule has 0 nitrogen and oxygen atoms in total. The van der Waals surface area contributed by atoms with Crippen LogP contribution in [0.15, 0.2) is 23.8 Å². The van der Waals surface area contributed by atoms with Gasteiger partial charge < -0.3 is 0 Å². The third-order valence-electron chi connectivity index (χ3n) is 3.79. The van der Waals surface area contributed by atoms with Crippen molar-refractivity contribution in [3.05, 3.63) is 23.8 Å². The normalized spacial score (nSPS) is 27.5. The van der Waals surface area contributed by atoms with Crippen molar-refractivity contribution in [3.8, 4) is 0 Å². The topological polar surface area (TPSA) is 0 Å². The summed E-state index contributed by atoms with van der Waals surface area (Å²) in [5.74, 6) is 5.03. The van der Waals surface area contributed by atoms with Crippen LogP contribution in [0, 0.1) is 0 Å². The van der Waals surface area contributed by atoms with Crippen LogP contribution in [-0.4, -0.2) is 12.3 Å². The van der Waals surface area contributed by atoms with Crippen molar-refractivity contribution in [1.82, 2.24) is 0 Å². The average Bonchev–Trinajstić information content (AvgIpc) is 2.52. The van der Waals surface area contributed by atoms with Crippen LogP contribution in [0.3, 0.4) is 0 Å². The van der Waals surface area contributed by atoms with Gasteiger partial charge in [0.25, 0.3) is 0 Å². The molecule has 0 aromatic carbocycles. The van der Waals surface area contributed by atoms with E-state index in [4.69, 9.17) is 0 Å². The molecule has 2 rings (SSSR count). The fraction of sp³-hybridized carbons (Fsp3) is 0.692. The Labute approximate surface area is 88.8 Å². The molecule has 1 heterocycles. The SMILES string of the molecule is C[P+]1(C2CCCCCCC2)C=CC=C1. The first kappa shape index (κ1) is 10.4. The van der Waals surface area contributed by atoms with Crippen LogP contribution < -0.4 is 0 Å². The molecule has 0 bridgehead atoms. The summed E-state index contributed by atoms with van der Waals surface area (Å²) < 4.78 is 0. The molecule has 0 aromatic heterocycles. The molecule has 1 heteroatoms. The van der Waals surface area contributed by atoms with E-state index >= 15 is 0 Å². The summed E-state index contributed by atoms with van der Waals surface area (Å²) in [5, 5.41) is 0. The van der Waals surface area contributed by atoms with Crippen LogP contribution in [0.2, 0.25) is 0 Å². The summed E-state index contributed by atoms with van der Waals surface area (Å²) >= 11 is 0. The minimum atomic E-state index is -0.804. The molecule has 1 aliphatic heterocycles. The summed E-state index contributed by atoms with van der Waals surface area (Å²) in [4.78, 5) is 0. The first-order valence-electron chi connectivity index (χ1n) is 6.04. The Balaban J connectivity index is 2.00. The lowest BCUT2D eigenvalue weighted by Crippen LogP contribution is -2.11. The fourth-order valence-electron chi connectivity index (χ4n) is 2.75. The van der Waals surface area contributed by atoms with Crippen LogP contribution in [0.4, 0.5) is 0 Å². The summed E-state index contributed by atoms with van der Waals surface area (Å²) in [6.45, 7) is 2.51. The molecule has 1 fully saturated rings. The van der Waals surface area contributed by atoms with Crippen molar-refractivity contribution in [2.75, 3.05) is 6.66 Å². The van der Waals surface area contributed by atoms with E-state index in [2.05, 4.69) is 30.5 Å². The maximum atomic E-state index is 2.51. The molecule has 0 amide bonds. The smallest absolute Gasteiger partial charge is 0.0533 e. The largest absolute Gasteiger partial charge is 0.0777 e. The van der Waals surface area contributed by atoms with Crippen molar-refractivity contribution in [3.63, 3.8) is 0 Å². The first-order valence-corrected chi connectivity index (χ1v) is 8.48. The van der Waals surface area contributed by atoms with Crippen LogP contribution in [0.1, 0.15) is 44.9 Å². The van der Waals surface area contributed by atoms with Gasteiger partial charge in [0, 0.05) is 0 Å². The van der Waals surface area contributed by atoms with Gasteiger partial charge in [0.05, 0.1) is 31.2 Å². The van der Waals surface area contributed by atoms with Gasteiger partial charge in [-0.2, -0.15) is 0 Å². The van der Waals surface area contributed by atoms with Crippen LogP contribution in [0.25, 0.3) is 0 Å². The Morgan fingerprint density at radius 3 is 1.93 bits per heavy atom. The fourth-order valence-corrected chi connectivity index (χ4v) is 5.76. The van der Waals surface area contributed by atoms with Crippen molar-refractivity contribution >= 4 is 7.26 Å². The van der Waals surface area contributed by atoms with E-state index in [1.165, 1.54) is 44.9 Å². The molecule has 78 valence electrons. The second-order valence-corrected chi connectivity index (χ2v) is 8.67. The summed E-state index contributed by atoms with van der Waals surface area (Å²) in [6.07, 6.45) is 14.9. The van der Waals surface area contributed by atoms with Crippen LogP contribution in [0.5, 0.6) is 0 Å². The Kier molecular flexibility index (Phi) is 3.44. The van der Waals surface area contributed by atoms with Gasteiger partial charge in [0.2, 0.25) is 0 Å². The lowest BCUT2D eigenvalue weighted by Gasteiger charge is -2.25. The van der Waals surface area contributed by atoms with Gasteiger partial charge in [0.15, 0.2) is 0 Å². The van der Waals surface area contributed by atoms with E-state index in [-0.39, 0.29) is 0 Å². The second-order valence-electron chi connectivity index (χ2n) is 4.90. The lowest BCUT2D eigenvalue weighted by molar-refractivity contribution is 0.509. The van der Waals surface area contributed by atoms with E-state index in [1.54, 1.807) is 0 Å². The Bertz CT molecular complexity index is 220. The lowest BCUT2D eigenvalue weighted by atomic mass is 10.0. The zero-order valence-corrected chi connectivity index (χ0v) is 10.2. The highest BCUT2D eigenvalue weighted by Crippen LogP contribution is 2.67. The third-order valence-corrected chi connectivity index (χ3v) is 7.51. The summed E-state index contributed by atoms with van der Waals surface area (Å²) in [5.41, 5.74) is 1.01. The molecule has 0 aromatic rings. The Morgan fingerprint density at radius 2 is 1.36 bits per heavy atom. The average molecular weight is 209 g/mol. The van der Waals surface area contributed by atoms with E-state index in [0.29, 0.717) is 0 Å². The highest BCUT2D eigenvalue weighted by molar-refractivity contribution is 7.81. The predicted octanol–water partition coefficient (Wildman–Crippen LogP) is 4.79. The van der Waals surface area contributed by atoms with Gasteiger partial charge in [-0.1, -0.05) is 19.3 Å². The van der Waals surface area contributed by atoms with E-state index in [1.807, 2.05) is 0 Å². The zero-order valence-electron chi connectivity index (χ0n) is 9.28. The molecule has 0 unspecified atom stereocenters. The van der Waals surface area contributed by atoms with Crippen LogP contribution >= 0.6 is 7.26 Å². The van der Waals surface area contributed by atoms with Gasteiger partial charge in [-0.25, -0.2) is 0 Å². The van der Waals surface area contributed by atoms with Crippen molar-refractivity contribution in [2.45, 2.75) is 50.6 Å². The number of hydrogen-bond acceptors (Lipinski definition) is 0. The maximum absolute atomic E-state index is 2.51. The standard InChI is InChI=1S/C13H22P/c1-14(11-7-8-12-14)13-9-5-3-2-4-6-10-13/h7-8,11-13H,2-6,9-10H2,1H3/q+1. The van der Waals surface area contributed by atoms with E-state index in [0.717, 1.165) is 5.66 Å². The molecular weight excluding hydrogens is 187 g/mol. The highest BCUT2D eigenvalue weighted by atomic mass is 31.2. The van der Waals surface area contributed by atoms with E-state index in [9.17, 15) is 0 Å². The van der Waals surface area contributed by atoms with Gasteiger partial charge in [-0.05, 0) is 37.8 Å². The third kappa shape index (κ3) is 2.28. The van der Waals surface area contributed by atoms with Crippen LogP contribution in [-0.2, 0) is 0 Å². The van der Waals surface area contributed by atoms with Gasteiger partial charge in [-0.15, -0.1) is 0 Å². The molecule has 0 radical (unpaired) electrons. The predicted molar refractivity (Wildman–Crippen MR) is 67.2 cm³/mol. The highest BCUT2D eigenvalue weighted by Gasteiger charge is 2.37. The minimum Gasteiger partial charge on any atom is -0.0533 e. The molecule has 0 N–H and O–H groups in total. The van der Waals surface area contributed by atoms with Gasteiger partial charge in [0.1, 0.15) is 0 Å². The monoisotopic (exact) mass is 209 g/mol. The van der Waals surface area contributed by atoms with Gasteiger partial charge in [-0.3, -0.25) is 0 Å². The molecule has 0 spiro atoms. The van der Waals surface area contributed by atoms with Crippen molar-refractivity contribution < 1.29 is 0 Å². The molecule has 1 aliphatic carbocycles. The van der Waals surface area contributed by atoms with E-state index < -0.39 is 7.26 Å². The maximum Gasteiger partial charge on any atom is 0.0777 e. The minimum absolute atomic E-state index is 0.804. The van der Waals surface area contributed by atoms with Crippen molar-refractivity contribution in [1.29, 1.82) is 0 Å². The Hall–Kier alpha value is -0.0900. The quantitative estimate of drug-likeness (QED) is 0.545. The Morgan fingerprint density at radius 1 is 0.857 bits per heavy atom. The molecule has 2 aliphatic rings. The zero-order chi connectivity index (χ0) is 9.86. The summed E-state index contributed by atoms with van der Waals surface area (Å²) in [7, 11) is -0.804. The number of hydrogen-bond donors (Lipinski definition) is 0. The first-order chi connectivity index (χ1) is 6.81. The second kappa shape index (κ2) is 4.62. The molecule has 0 saturated heterocycles. The molecule has 14 heavy (non-hydrogen) atoms. The van der Waals surface area contributed by atoms with Gasteiger partial charge >= 0.3 is 0 Å². The molecule has 1 saturated carbocycles.